The normalized spacial score (nSPS) is 12.2. The molecule has 0 aliphatic heterocycles. The first-order valence-corrected chi connectivity index (χ1v) is 9.86. The smallest absolute Gasteiger partial charge is 0.251 e. The van der Waals surface area contributed by atoms with E-state index in [0.717, 1.165) is 28.7 Å². The summed E-state index contributed by atoms with van der Waals surface area (Å²) in [7, 11) is 0. The van der Waals surface area contributed by atoms with Crippen LogP contribution in [0.1, 0.15) is 41.0 Å². The second kappa shape index (κ2) is 7.72. The van der Waals surface area contributed by atoms with Crippen LogP contribution in [-0.4, -0.2) is 20.4 Å². The van der Waals surface area contributed by atoms with E-state index in [9.17, 15) is 4.79 Å². The third kappa shape index (κ3) is 3.75. The van der Waals surface area contributed by atoms with Gasteiger partial charge in [0.2, 0.25) is 0 Å². The second-order valence-corrected chi connectivity index (χ2v) is 7.12. The van der Waals surface area contributed by atoms with Crippen LogP contribution in [0.25, 0.3) is 11.0 Å². The first-order chi connectivity index (χ1) is 13.2. The predicted molar refractivity (Wildman–Crippen MR) is 108 cm³/mol. The number of nitrogens with zero attached hydrogens (tertiary/aromatic N) is 3. The van der Waals surface area contributed by atoms with Gasteiger partial charge in [-0.3, -0.25) is 4.79 Å². The zero-order chi connectivity index (χ0) is 18.6. The number of fused-ring (bicyclic) bond motifs is 1. The summed E-state index contributed by atoms with van der Waals surface area (Å²) in [4.78, 5) is 21.5. The maximum absolute atomic E-state index is 12.7. The van der Waals surface area contributed by atoms with E-state index >= 15 is 0 Å². The molecule has 4 aromatic rings. The van der Waals surface area contributed by atoms with Crippen molar-refractivity contribution in [2.75, 3.05) is 0 Å². The molecule has 1 N–H and O–H groups in total. The molecule has 0 unspecified atom stereocenters. The Morgan fingerprint density at radius 1 is 1.19 bits per heavy atom. The van der Waals surface area contributed by atoms with Crippen LogP contribution in [0.15, 0.2) is 65.7 Å². The molecule has 0 spiro atoms. The lowest BCUT2D eigenvalue weighted by Crippen LogP contribution is -2.28. The molecule has 1 atom stereocenters. The Hall–Kier alpha value is -2.99. The summed E-state index contributed by atoms with van der Waals surface area (Å²) in [5.41, 5.74) is 6.38. The van der Waals surface area contributed by atoms with Crippen molar-refractivity contribution < 1.29 is 4.79 Å². The number of hydrogen-bond donors (Lipinski definition) is 1. The Morgan fingerprint density at radius 3 is 2.78 bits per heavy atom. The summed E-state index contributed by atoms with van der Waals surface area (Å²) < 4.78 is 2.05. The summed E-state index contributed by atoms with van der Waals surface area (Å²) in [5.74, 6) is -0.0818. The van der Waals surface area contributed by atoms with Crippen LogP contribution in [0.3, 0.4) is 0 Å². The number of aromatic nitrogens is 3. The van der Waals surface area contributed by atoms with Gasteiger partial charge in [0.15, 0.2) is 0 Å². The van der Waals surface area contributed by atoms with Gasteiger partial charge >= 0.3 is 0 Å². The number of imidazole rings is 1. The lowest BCUT2D eigenvalue weighted by Gasteiger charge is -2.17. The Kier molecular flexibility index (Phi) is 4.98. The van der Waals surface area contributed by atoms with E-state index in [2.05, 4.69) is 22.2 Å². The highest BCUT2D eigenvalue weighted by atomic mass is 32.1. The van der Waals surface area contributed by atoms with Crippen molar-refractivity contribution in [2.24, 2.45) is 0 Å². The topological polar surface area (TPSA) is 59.8 Å². The number of hydrogen-bond acceptors (Lipinski definition) is 4. The molecule has 0 bridgehead atoms. The van der Waals surface area contributed by atoms with E-state index in [1.54, 1.807) is 17.7 Å². The number of carbonyl (C=O) groups excluding carboxylic acids is 1. The molecule has 136 valence electrons. The van der Waals surface area contributed by atoms with Crippen molar-refractivity contribution in [3.05, 3.63) is 82.6 Å². The van der Waals surface area contributed by atoms with Crippen molar-refractivity contribution >= 4 is 28.3 Å². The third-order valence-electron chi connectivity index (χ3n) is 4.61. The fourth-order valence-corrected chi connectivity index (χ4v) is 3.72. The Balaban J connectivity index is 1.54. The van der Waals surface area contributed by atoms with Gasteiger partial charge in [0.25, 0.3) is 5.91 Å². The molecular formula is C21H20N4OS. The number of amides is 1. The first-order valence-electron chi connectivity index (χ1n) is 8.92. The van der Waals surface area contributed by atoms with E-state index < -0.39 is 0 Å². The predicted octanol–water partition coefficient (Wildman–Crippen LogP) is 4.42. The highest BCUT2D eigenvalue weighted by Gasteiger charge is 2.15. The molecule has 1 amide bonds. The fourth-order valence-electron chi connectivity index (χ4n) is 3.17. The van der Waals surface area contributed by atoms with E-state index in [4.69, 9.17) is 0 Å². The van der Waals surface area contributed by atoms with Crippen LogP contribution in [-0.2, 0) is 6.54 Å². The van der Waals surface area contributed by atoms with Gasteiger partial charge in [0.05, 0.1) is 41.2 Å². The molecule has 6 heteroatoms. The molecule has 0 fully saturated rings. The molecule has 0 saturated heterocycles. The van der Waals surface area contributed by atoms with Crippen molar-refractivity contribution in [3.63, 3.8) is 0 Å². The van der Waals surface area contributed by atoms with E-state index in [1.165, 1.54) is 0 Å². The van der Waals surface area contributed by atoms with E-state index in [-0.39, 0.29) is 11.9 Å². The maximum atomic E-state index is 12.7. The number of thiazole rings is 1. The molecule has 0 radical (unpaired) electrons. The van der Waals surface area contributed by atoms with E-state index in [0.29, 0.717) is 12.1 Å². The van der Waals surface area contributed by atoms with Gasteiger partial charge in [-0.05, 0) is 30.2 Å². The molecule has 27 heavy (non-hydrogen) atoms. The minimum Gasteiger partial charge on any atom is -0.345 e. The minimum atomic E-state index is -0.0818. The minimum absolute atomic E-state index is 0.00313. The van der Waals surface area contributed by atoms with Gasteiger partial charge in [-0.15, -0.1) is 11.3 Å². The van der Waals surface area contributed by atoms with Gasteiger partial charge < -0.3 is 9.88 Å². The summed E-state index contributed by atoms with van der Waals surface area (Å²) in [6.07, 6.45) is 2.63. The van der Waals surface area contributed by atoms with Crippen LogP contribution < -0.4 is 5.32 Å². The SMILES string of the molecule is CC[C@@H](NC(=O)c1ccc2c(c1)ncn2Cc1cscn1)c1ccccc1. The zero-order valence-corrected chi connectivity index (χ0v) is 15.8. The molecule has 0 aliphatic carbocycles. The summed E-state index contributed by atoms with van der Waals surface area (Å²) in [6.45, 7) is 2.75. The Morgan fingerprint density at radius 2 is 2.04 bits per heavy atom. The summed E-state index contributed by atoms with van der Waals surface area (Å²) >= 11 is 1.58. The third-order valence-corrected chi connectivity index (χ3v) is 5.25. The van der Waals surface area contributed by atoms with Crippen molar-refractivity contribution in [1.82, 2.24) is 19.9 Å². The molecule has 2 heterocycles. The highest BCUT2D eigenvalue weighted by molar-refractivity contribution is 7.07. The van der Waals surface area contributed by atoms with Crippen LogP contribution in [0.5, 0.6) is 0 Å². The van der Waals surface area contributed by atoms with Gasteiger partial charge in [0, 0.05) is 10.9 Å². The average Bonchev–Trinajstić information content (AvgIpc) is 3.37. The zero-order valence-electron chi connectivity index (χ0n) is 15.0. The van der Waals surface area contributed by atoms with Crippen LogP contribution in [0.4, 0.5) is 0 Å². The molecule has 0 aliphatic rings. The summed E-state index contributed by atoms with van der Waals surface area (Å²) in [6, 6.07) is 15.7. The molecule has 0 saturated carbocycles. The Bertz CT molecular complexity index is 1040. The largest absolute Gasteiger partial charge is 0.345 e. The highest BCUT2D eigenvalue weighted by Crippen LogP contribution is 2.19. The molecule has 5 nitrogen and oxygen atoms in total. The van der Waals surface area contributed by atoms with Crippen molar-refractivity contribution in [3.8, 4) is 0 Å². The van der Waals surface area contributed by atoms with Gasteiger partial charge in [0.1, 0.15) is 0 Å². The summed E-state index contributed by atoms with van der Waals surface area (Å²) in [5, 5.41) is 5.15. The van der Waals surface area contributed by atoms with Crippen LogP contribution in [0, 0.1) is 0 Å². The van der Waals surface area contributed by atoms with Crippen LogP contribution >= 0.6 is 11.3 Å². The number of rotatable bonds is 6. The van der Waals surface area contributed by atoms with Gasteiger partial charge in [-0.25, -0.2) is 9.97 Å². The van der Waals surface area contributed by atoms with Crippen molar-refractivity contribution in [1.29, 1.82) is 0 Å². The monoisotopic (exact) mass is 376 g/mol. The lowest BCUT2D eigenvalue weighted by atomic mass is 10.0. The fraction of sp³-hybridized carbons (Fsp3) is 0.190. The number of benzene rings is 2. The molecular weight excluding hydrogens is 356 g/mol. The standard InChI is InChI=1S/C21H20N4OS/c1-2-18(15-6-4-3-5-7-15)24-21(26)16-8-9-20-19(10-16)22-13-25(20)11-17-12-27-14-23-17/h3-10,12-14,18H,2,11H2,1H3,(H,24,26)/t18-/m1/s1. The molecule has 2 aromatic heterocycles. The lowest BCUT2D eigenvalue weighted by molar-refractivity contribution is 0.0935. The number of nitrogens with one attached hydrogen (secondary N) is 1. The molecule has 4 rings (SSSR count). The Labute approximate surface area is 161 Å². The second-order valence-electron chi connectivity index (χ2n) is 6.40. The first kappa shape index (κ1) is 17.4. The van der Waals surface area contributed by atoms with E-state index in [1.807, 2.05) is 64.0 Å². The van der Waals surface area contributed by atoms with Gasteiger partial charge in [-0.2, -0.15) is 0 Å². The quantitative estimate of drug-likeness (QED) is 0.542. The number of carbonyl (C=O) groups is 1. The average molecular weight is 376 g/mol. The van der Waals surface area contributed by atoms with Crippen LogP contribution in [0.2, 0.25) is 0 Å². The molecule has 2 aromatic carbocycles. The van der Waals surface area contributed by atoms with Crippen molar-refractivity contribution in [2.45, 2.75) is 25.9 Å². The van der Waals surface area contributed by atoms with Gasteiger partial charge in [-0.1, -0.05) is 37.3 Å². The maximum Gasteiger partial charge on any atom is 0.251 e.